The first-order chi connectivity index (χ1) is 6.90. The lowest BCUT2D eigenvalue weighted by Gasteiger charge is -2.00. The summed E-state index contributed by atoms with van der Waals surface area (Å²) in [5.41, 5.74) is 6.42. The summed E-state index contributed by atoms with van der Waals surface area (Å²) in [4.78, 5) is 12.2. The average molecular weight is 186 g/mol. The molecule has 1 aromatic carbocycles. The van der Waals surface area contributed by atoms with E-state index in [1.165, 1.54) is 6.33 Å². The molecule has 0 fully saturated rings. The van der Waals surface area contributed by atoms with E-state index in [-0.39, 0.29) is 0 Å². The fourth-order valence-electron chi connectivity index (χ4n) is 1.15. The predicted octanol–water partition coefficient (Wildman–Crippen LogP) is 0.997. The van der Waals surface area contributed by atoms with Gasteiger partial charge in [-0.3, -0.25) is 0 Å². The lowest BCUT2D eigenvalue weighted by atomic mass is 10.2. The minimum Gasteiger partial charge on any atom is -0.324 e. The highest BCUT2D eigenvalue weighted by molar-refractivity contribution is 5.53. The predicted molar refractivity (Wildman–Crippen MR) is 53.2 cm³/mol. The van der Waals surface area contributed by atoms with Crippen molar-refractivity contribution in [1.82, 2.24) is 15.0 Å². The zero-order valence-electron chi connectivity index (χ0n) is 7.59. The molecule has 0 unspecified atom stereocenters. The summed E-state index contributed by atoms with van der Waals surface area (Å²) in [6, 6.07) is 9.75. The van der Waals surface area contributed by atoms with Crippen molar-refractivity contribution in [2.45, 2.75) is 6.54 Å². The Hall–Kier alpha value is -1.81. The fraction of sp³-hybridized carbons (Fsp3) is 0.100. The molecule has 70 valence electrons. The molecular formula is C10H10N4. The first-order valence-electron chi connectivity index (χ1n) is 4.33. The summed E-state index contributed by atoms with van der Waals surface area (Å²) in [7, 11) is 0. The Kier molecular flexibility index (Phi) is 2.46. The Morgan fingerprint density at radius 1 is 1.07 bits per heavy atom. The second-order valence-electron chi connectivity index (χ2n) is 2.80. The van der Waals surface area contributed by atoms with Crippen molar-refractivity contribution in [1.29, 1.82) is 0 Å². The Balaban J connectivity index is 2.42. The van der Waals surface area contributed by atoms with Crippen molar-refractivity contribution in [2.75, 3.05) is 0 Å². The molecule has 0 bridgehead atoms. The van der Waals surface area contributed by atoms with Crippen LogP contribution in [-0.2, 0) is 6.54 Å². The van der Waals surface area contributed by atoms with Gasteiger partial charge in [-0.25, -0.2) is 15.0 Å². The molecule has 0 atom stereocenters. The largest absolute Gasteiger partial charge is 0.324 e. The molecular weight excluding hydrogens is 176 g/mol. The van der Waals surface area contributed by atoms with Crippen LogP contribution in [0.3, 0.4) is 0 Å². The monoisotopic (exact) mass is 186 g/mol. The Bertz CT molecular complexity index is 413. The van der Waals surface area contributed by atoms with Crippen molar-refractivity contribution >= 4 is 0 Å². The van der Waals surface area contributed by atoms with Crippen LogP contribution in [0.4, 0.5) is 0 Å². The summed E-state index contributed by atoms with van der Waals surface area (Å²) < 4.78 is 0. The van der Waals surface area contributed by atoms with Gasteiger partial charge in [0, 0.05) is 5.56 Å². The normalized spacial score (nSPS) is 10.1. The SMILES string of the molecule is NCc1ncnc(-c2ccccc2)n1. The minimum absolute atomic E-state index is 0.336. The van der Waals surface area contributed by atoms with Crippen LogP contribution >= 0.6 is 0 Å². The van der Waals surface area contributed by atoms with Gasteiger partial charge in [0.15, 0.2) is 5.82 Å². The van der Waals surface area contributed by atoms with E-state index in [0.717, 1.165) is 5.56 Å². The zero-order chi connectivity index (χ0) is 9.80. The van der Waals surface area contributed by atoms with Gasteiger partial charge in [0.1, 0.15) is 12.2 Å². The number of hydrogen-bond donors (Lipinski definition) is 1. The van der Waals surface area contributed by atoms with Crippen molar-refractivity contribution in [3.8, 4) is 11.4 Å². The van der Waals surface area contributed by atoms with Gasteiger partial charge in [0.25, 0.3) is 0 Å². The summed E-state index contributed by atoms with van der Waals surface area (Å²) in [6.07, 6.45) is 1.48. The molecule has 0 amide bonds. The highest BCUT2D eigenvalue weighted by Gasteiger charge is 2.00. The number of rotatable bonds is 2. The van der Waals surface area contributed by atoms with Gasteiger partial charge >= 0.3 is 0 Å². The summed E-state index contributed by atoms with van der Waals surface area (Å²) in [6.45, 7) is 0.336. The molecule has 1 heterocycles. The summed E-state index contributed by atoms with van der Waals surface area (Å²) >= 11 is 0. The molecule has 14 heavy (non-hydrogen) atoms. The number of nitrogens with zero attached hydrogens (tertiary/aromatic N) is 3. The van der Waals surface area contributed by atoms with Gasteiger partial charge < -0.3 is 5.73 Å². The molecule has 4 nitrogen and oxygen atoms in total. The van der Waals surface area contributed by atoms with E-state index >= 15 is 0 Å². The molecule has 0 saturated heterocycles. The first-order valence-corrected chi connectivity index (χ1v) is 4.33. The van der Waals surface area contributed by atoms with Gasteiger partial charge in [-0.2, -0.15) is 0 Å². The van der Waals surface area contributed by atoms with Crippen LogP contribution in [0.25, 0.3) is 11.4 Å². The van der Waals surface area contributed by atoms with Crippen LogP contribution in [0.1, 0.15) is 5.82 Å². The van der Waals surface area contributed by atoms with Gasteiger partial charge in [-0.1, -0.05) is 30.3 Å². The highest BCUT2D eigenvalue weighted by atomic mass is 15.0. The molecule has 0 aliphatic carbocycles. The summed E-state index contributed by atoms with van der Waals surface area (Å²) in [5, 5.41) is 0. The van der Waals surface area contributed by atoms with Crippen molar-refractivity contribution < 1.29 is 0 Å². The Morgan fingerprint density at radius 3 is 2.57 bits per heavy atom. The van der Waals surface area contributed by atoms with E-state index in [2.05, 4.69) is 15.0 Å². The van der Waals surface area contributed by atoms with E-state index in [4.69, 9.17) is 5.73 Å². The summed E-state index contributed by atoms with van der Waals surface area (Å²) in [5.74, 6) is 1.28. The topological polar surface area (TPSA) is 64.7 Å². The molecule has 2 rings (SSSR count). The number of benzene rings is 1. The van der Waals surface area contributed by atoms with E-state index in [0.29, 0.717) is 18.2 Å². The highest BCUT2D eigenvalue weighted by Crippen LogP contribution is 2.12. The standard InChI is InChI=1S/C10H10N4/c11-6-9-12-7-13-10(14-9)8-4-2-1-3-5-8/h1-5,7H,6,11H2. The second-order valence-corrected chi connectivity index (χ2v) is 2.80. The third kappa shape index (κ3) is 1.75. The first kappa shape index (κ1) is 8.77. The molecule has 2 N–H and O–H groups in total. The van der Waals surface area contributed by atoms with Gasteiger partial charge in [-0.05, 0) is 0 Å². The zero-order valence-corrected chi connectivity index (χ0v) is 7.59. The molecule has 1 aromatic heterocycles. The molecule has 4 heteroatoms. The Labute approximate surface area is 81.9 Å². The number of nitrogens with two attached hydrogens (primary N) is 1. The van der Waals surface area contributed by atoms with Crippen molar-refractivity contribution in [3.63, 3.8) is 0 Å². The van der Waals surface area contributed by atoms with Crippen LogP contribution in [0, 0.1) is 0 Å². The molecule has 0 radical (unpaired) electrons. The molecule has 0 spiro atoms. The van der Waals surface area contributed by atoms with E-state index in [1.807, 2.05) is 30.3 Å². The van der Waals surface area contributed by atoms with E-state index < -0.39 is 0 Å². The van der Waals surface area contributed by atoms with Crippen LogP contribution < -0.4 is 5.73 Å². The molecule has 0 aliphatic rings. The quantitative estimate of drug-likeness (QED) is 0.759. The smallest absolute Gasteiger partial charge is 0.163 e. The maximum absolute atomic E-state index is 5.44. The minimum atomic E-state index is 0.336. The fourth-order valence-corrected chi connectivity index (χ4v) is 1.15. The van der Waals surface area contributed by atoms with E-state index in [9.17, 15) is 0 Å². The van der Waals surface area contributed by atoms with Gasteiger partial charge in [0.05, 0.1) is 6.54 Å². The van der Waals surface area contributed by atoms with Gasteiger partial charge in [0.2, 0.25) is 0 Å². The Morgan fingerprint density at radius 2 is 1.86 bits per heavy atom. The lowest BCUT2D eigenvalue weighted by Crippen LogP contribution is -2.04. The van der Waals surface area contributed by atoms with Crippen LogP contribution in [0.5, 0.6) is 0 Å². The van der Waals surface area contributed by atoms with Crippen molar-refractivity contribution in [2.24, 2.45) is 5.73 Å². The lowest BCUT2D eigenvalue weighted by molar-refractivity contribution is 0.880. The van der Waals surface area contributed by atoms with Crippen molar-refractivity contribution in [3.05, 3.63) is 42.5 Å². The van der Waals surface area contributed by atoms with E-state index in [1.54, 1.807) is 0 Å². The molecule has 0 saturated carbocycles. The van der Waals surface area contributed by atoms with Crippen LogP contribution in [0.15, 0.2) is 36.7 Å². The van der Waals surface area contributed by atoms with Crippen LogP contribution in [0.2, 0.25) is 0 Å². The molecule has 2 aromatic rings. The average Bonchev–Trinajstić information content (AvgIpc) is 2.30. The second kappa shape index (κ2) is 3.93. The number of hydrogen-bond acceptors (Lipinski definition) is 4. The third-order valence-corrected chi connectivity index (χ3v) is 1.84. The van der Waals surface area contributed by atoms with Gasteiger partial charge in [-0.15, -0.1) is 0 Å². The number of aromatic nitrogens is 3. The maximum atomic E-state index is 5.44. The maximum Gasteiger partial charge on any atom is 0.163 e. The molecule has 0 aliphatic heterocycles. The van der Waals surface area contributed by atoms with Crippen LogP contribution in [-0.4, -0.2) is 15.0 Å². The third-order valence-electron chi connectivity index (χ3n) is 1.84.